The largest absolute Gasteiger partial charge is 0.518 e. The highest BCUT2D eigenvalue weighted by Crippen LogP contribution is 2.19. The number of carboxylic acid groups (broad SMARTS) is 2. The lowest BCUT2D eigenvalue weighted by Crippen LogP contribution is -2.60. The van der Waals surface area contributed by atoms with Gasteiger partial charge in [0, 0.05) is 31.0 Å². The van der Waals surface area contributed by atoms with Gasteiger partial charge in [-0.3, -0.25) is 0 Å². The molecule has 1 atom stereocenters. The van der Waals surface area contributed by atoms with Crippen LogP contribution in [0.2, 0.25) is 0 Å². The molecule has 9 heteroatoms. The number of nitrogens with two attached hydrogens (primary N) is 1. The van der Waals surface area contributed by atoms with Crippen molar-refractivity contribution in [2.24, 2.45) is 5.73 Å². The lowest BCUT2D eigenvalue weighted by Gasteiger charge is -2.32. The Balaban J connectivity index is 0. The molecule has 4 N–H and O–H groups in total. The first-order valence-electron chi connectivity index (χ1n) is 11.1. The van der Waals surface area contributed by atoms with Crippen LogP contribution in [0.4, 0.5) is 0 Å². The summed E-state index contributed by atoms with van der Waals surface area (Å²) in [6.45, 7) is 13.5. The molecular formula is C21H43NO7Si. The fourth-order valence-corrected chi connectivity index (χ4v) is 5.38. The van der Waals surface area contributed by atoms with Crippen LogP contribution < -0.4 is 5.73 Å². The normalized spacial score (nSPS) is 13.2. The van der Waals surface area contributed by atoms with E-state index in [4.69, 9.17) is 29.2 Å². The Labute approximate surface area is 183 Å². The predicted octanol–water partition coefficient (Wildman–Crippen LogP) is 4.14. The second-order valence-electron chi connectivity index (χ2n) is 6.69. The molecule has 0 rings (SSSR count). The van der Waals surface area contributed by atoms with Gasteiger partial charge in [0.1, 0.15) is 0 Å². The molecule has 0 amide bonds. The minimum atomic E-state index is -2.62. The van der Waals surface area contributed by atoms with E-state index in [0.717, 1.165) is 19.3 Å². The molecule has 0 aromatic heterocycles. The van der Waals surface area contributed by atoms with Gasteiger partial charge in [-0.25, -0.2) is 9.59 Å². The summed E-state index contributed by atoms with van der Waals surface area (Å²) in [6.07, 6.45) is 4.64. The summed E-state index contributed by atoms with van der Waals surface area (Å²) in [5.74, 6) is -2.19. The van der Waals surface area contributed by atoms with Gasteiger partial charge in [0.25, 0.3) is 0 Å². The summed E-state index contributed by atoms with van der Waals surface area (Å²) in [4.78, 5) is 22.0. The molecule has 1 unspecified atom stereocenters. The van der Waals surface area contributed by atoms with Gasteiger partial charge in [0.05, 0.1) is 5.67 Å². The maximum Gasteiger partial charge on any atom is 0.518 e. The van der Waals surface area contributed by atoms with Crippen molar-refractivity contribution in [2.45, 2.75) is 92.2 Å². The van der Waals surface area contributed by atoms with E-state index in [9.17, 15) is 9.59 Å². The van der Waals surface area contributed by atoms with Gasteiger partial charge in [-0.15, -0.1) is 0 Å². The number of carbonyl (C=O) groups is 2. The number of unbranched alkanes of at least 4 members (excludes halogenated alkanes) is 2. The van der Waals surface area contributed by atoms with Crippen LogP contribution in [0, 0.1) is 0 Å². The highest BCUT2D eigenvalue weighted by Gasteiger charge is 2.46. The summed E-state index contributed by atoms with van der Waals surface area (Å²) in [5, 5.41) is 18.0. The average molecular weight is 450 g/mol. The fraction of sp³-hybridized carbons (Fsp3) is 0.810. The molecule has 0 saturated carbocycles. The third kappa shape index (κ3) is 11.8. The van der Waals surface area contributed by atoms with Crippen LogP contribution in [0.15, 0.2) is 11.1 Å². The Hall–Kier alpha value is -1.26. The molecule has 0 aliphatic heterocycles. The second kappa shape index (κ2) is 18.5. The van der Waals surface area contributed by atoms with E-state index in [0.29, 0.717) is 45.5 Å². The molecule has 0 bridgehead atoms. The Morgan fingerprint density at radius 1 is 0.767 bits per heavy atom. The maximum absolute atomic E-state index is 11.0. The van der Waals surface area contributed by atoms with E-state index >= 15 is 0 Å². The zero-order valence-corrected chi connectivity index (χ0v) is 20.7. The highest BCUT2D eigenvalue weighted by molar-refractivity contribution is 6.62. The van der Waals surface area contributed by atoms with Crippen molar-refractivity contribution >= 4 is 20.7 Å². The molecule has 0 aliphatic carbocycles. The molecule has 0 aromatic rings. The lowest BCUT2D eigenvalue weighted by atomic mass is 9.98. The van der Waals surface area contributed by atoms with E-state index in [1.807, 2.05) is 41.5 Å². The van der Waals surface area contributed by atoms with Gasteiger partial charge in [-0.1, -0.05) is 33.6 Å². The molecule has 0 aliphatic rings. The molecule has 0 fully saturated rings. The number of rotatable bonds is 16. The van der Waals surface area contributed by atoms with Crippen LogP contribution in [0.3, 0.4) is 0 Å². The number of aliphatic carboxylic acids is 2. The van der Waals surface area contributed by atoms with Gasteiger partial charge < -0.3 is 29.2 Å². The molecule has 30 heavy (non-hydrogen) atoms. The SMILES string of the molecule is CCCC/C(C(=O)O)=C(\CCCC)C(=O)O.CCO[Si](OCC)(OCC)C(N)CC. The smallest absolute Gasteiger partial charge is 0.478 e. The molecule has 0 saturated heterocycles. The van der Waals surface area contributed by atoms with Crippen LogP contribution in [0.25, 0.3) is 0 Å². The zero-order valence-electron chi connectivity index (χ0n) is 19.7. The number of carboxylic acids is 2. The van der Waals surface area contributed by atoms with Gasteiger partial charge in [0.15, 0.2) is 0 Å². The van der Waals surface area contributed by atoms with Crippen LogP contribution >= 0.6 is 0 Å². The van der Waals surface area contributed by atoms with Crippen molar-refractivity contribution in [2.75, 3.05) is 19.8 Å². The Kier molecular flexibility index (Phi) is 19.1. The van der Waals surface area contributed by atoms with Crippen molar-refractivity contribution in [1.82, 2.24) is 0 Å². The molecule has 8 nitrogen and oxygen atoms in total. The molecule has 0 radical (unpaired) electrons. The highest BCUT2D eigenvalue weighted by atomic mass is 28.4. The van der Waals surface area contributed by atoms with Crippen LogP contribution in [0.1, 0.15) is 86.5 Å². The minimum Gasteiger partial charge on any atom is -0.478 e. The summed E-state index contributed by atoms with van der Waals surface area (Å²) < 4.78 is 16.9. The first kappa shape index (κ1) is 30.9. The maximum atomic E-state index is 11.0. The molecule has 178 valence electrons. The number of hydrogen-bond acceptors (Lipinski definition) is 6. The Morgan fingerprint density at radius 2 is 1.10 bits per heavy atom. The van der Waals surface area contributed by atoms with Gasteiger partial charge in [0.2, 0.25) is 0 Å². The second-order valence-corrected chi connectivity index (χ2v) is 9.51. The third-order valence-corrected chi connectivity index (χ3v) is 7.76. The van der Waals surface area contributed by atoms with Crippen LogP contribution in [0.5, 0.6) is 0 Å². The van der Waals surface area contributed by atoms with Crippen molar-refractivity contribution in [3.63, 3.8) is 0 Å². The summed E-state index contributed by atoms with van der Waals surface area (Å²) in [6, 6.07) is 0. The predicted molar refractivity (Wildman–Crippen MR) is 120 cm³/mol. The monoisotopic (exact) mass is 449 g/mol. The van der Waals surface area contributed by atoms with E-state index in [2.05, 4.69) is 0 Å². The van der Waals surface area contributed by atoms with E-state index in [1.165, 1.54) is 0 Å². The minimum absolute atomic E-state index is 0.0720. The van der Waals surface area contributed by atoms with Crippen molar-refractivity contribution in [3.05, 3.63) is 11.1 Å². The van der Waals surface area contributed by atoms with E-state index < -0.39 is 20.7 Å². The summed E-state index contributed by atoms with van der Waals surface area (Å²) in [5.41, 5.74) is 6.02. The summed E-state index contributed by atoms with van der Waals surface area (Å²) in [7, 11) is -2.62. The molecule has 0 heterocycles. The molecule has 0 aromatic carbocycles. The first-order valence-corrected chi connectivity index (χ1v) is 12.9. The third-order valence-electron chi connectivity index (χ3n) is 4.37. The first-order chi connectivity index (χ1) is 14.2. The standard InChI is InChI=1S/C12H20O4.C9H23NO3Si/c1-3-5-7-9(11(13)14)10(12(15)16)8-6-4-2;1-5-9(10)14(11-6-2,12-7-3)13-8-4/h3-8H2,1-2H3,(H,13,14)(H,15,16);9H,5-8,10H2,1-4H3/b10-9-;. The number of hydrogen-bond donors (Lipinski definition) is 3. The van der Waals surface area contributed by atoms with Crippen molar-refractivity contribution in [3.8, 4) is 0 Å². The fourth-order valence-electron chi connectivity index (χ4n) is 2.78. The van der Waals surface area contributed by atoms with Crippen molar-refractivity contribution < 1.29 is 33.1 Å². The Morgan fingerprint density at radius 3 is 1.30 bits per heavy atom. The van der Waals surface area contributed by atoms with Gasteiger partial charge in [-0.2, -0.15) is 0 Å². The average Bonchev–Trinajstić information content (AvgIpc) is 2.70. The van der Waals surface area contributed by atoms with Crippen LogP contribution in [-0.4, -0.2) is 56.4 Å². The summed E-state index contributed by atoms with van der Waals surface area (Å²) >= 11 is 0. The van der Waals surface area contributed by atoms with Crippen molar-refractivity contribution in [1.29, 1.82) is 0 Å². The topological polar surface area (TPSA) is 128 Å². The van der Waals surface area contributed by atoms with E-state index in [-0.39, 0.29) is 16.8 Å². The Bertz CT molecular complexity index is 467. The lowest BCUT2D eigenvalue weighted by molar-refractivity contribution is -0.136. The van der Waals surface area contributed by atoms with Crippen LogP contribution in [-0.2, 0) is 22.9 Å². The zero-order chi connectivity index (χ0) is 23.6. The quantitative estimate of drug-likeness (QED) is 0.237. The molecule has 0 spiro atoms. The van der Waals surface area contributed by atoms with E-state index in [1.54, 1.807) is 0 Å². The molecular weight excluding hydrogens is 406 g/mol. The van der Waals surface area contributed by atoms with Gasteiger partial charge >= 0.3 is 20.7 Å². The van der Waals surface area contributed by atoms with Gasteiger partial charge in [-0.05, 0) is 52.9 Å².